The number of hydrogen-bond acceptors (Lipinski definition) is 6. The molecule has 7 nitrogen and oxygen atoms in total. The number of anilines is 1. The van der Waals surface area contributed by atoms with Crippen LogP contribution >= 0.6 is 0 Å². The molecule has 0 saturated heterocycles. The second-order valence-corrected chi connectivity index (χ2v) is 5.87. The van der Waals surface area contributed by atoms with Gasteiger partial charge in [-0.2, -0.15) is 0 Å². The van der Waals surface area contributed by atoms with E-state index in [9.17, 15) is 14.0 Å². The van der Waals surface area contributed by atoms with Gasteiger partial charge in [-0.15, -0.1) is 0 Å². The molecular formula is C20H18FNO6. The molecule has 0 aliphatic rings. The normalized spacial score (nSPS) is 10.6. The maximum absolute atomic E-state index is 14.0. The Morgan fingerprint density at radius 2 is 1.75 bits per heavy atom. The van der Waals surface area contributed by atoms with Crippen LogP contribution in [0.5, 0.6) is 11.5 Å². The first-order valence-electron chi connectivity index (χ1n) is 8.24. The molecule has 1 aromatic heterocycles. The lowest BCUT2D eigenvalue weighted by Gasteiger charge is -2.14. The molecule has 0 radical (unpaired) electrons. The number of fused-ring (bicyclic) bond motifs is 1. The zero-order valence-corrected chi connectivity index (χ0v) is 15.7. The van der Waals surface area contributed by atoms with Crippen molar-refractivity contribution in [2.45, 2.75) is 6.92 Å². The third-order valence-corrected chi connectivity index (χ3v) is 4.30. The third kappa shape index (κ3) is 3.24. The standard InChI is InChI=1S/C20H18FNO6/c1-10-11-6-5-7-13(21)18(11)28-17(10)19(23)22-14-9-16(26-3)15(25-2)8-12(14)20(24)27-4/h5-9H,1-4H3,(H,22,23). The lowest BCUT2D eigenvalue weighted by Crippen LogP contribution is -2.16. The summed E-state index contributed by atoms with van der Waals surface area (Å²) in [4.78, 5) is 24.9. The Bertz CT molecular complexity index is 1070. The minimum Gasteiger partial charge on any atom is -0.493 e. The fourth-order valence-electron chi connectivity index (χ4n) is 2.87. The predicted octanol–water partition coefficient (Wildman–Crippen LogP) is 3.94. The number of para-hydroxylation sites is 1. The van der Waals surface area contributed by atoms with Gasteiger partial charge in [0.2, 0.25) is 0 Å². The van der Waals surface area contributed by atoms with Gasteiger partial charge in [-0.05, 0) is 13.0 Å². The smallest absolute Gasteiger partial charge is 0.340 e. The zero-order chi connectivity index (χ0) is 20.4. The van der Waals surface area contributed by atoms with Gasteiger partial charge in [0, 0.05) is 23.1 Å². The summed E-state index contributed by atoms with van der Waals surface area (Å²) < 4.78 is 34.5. The maximum atomic E-state index is 14.0. The van der Waals surface area contributed by atoms with Crippen LogP contribution in [0.4, 0.5) is 10.1 Å². The Hall–Kier alpha value is -3.55. The first-order valence-corrected chi connectivity index (χ1v) is 8.24. The highest BCUT2D eigenvalue weighted by Gasteiger charge is 2.23. The molecule has 2 aromatic carbocycles. The molecule has 1 heterocycles. The summed E-state index contributed by atoms with van der Waals surface area (Å²) in [6, 6.07) is 7.26. The van der Waals surface area contributed by atoms with Crippen molar-refractivity contribution in [3.63, 3.8) is 0 Å². The van der Waals surface area contributed by atoms with E-state index in [-0.39, 0.29) is 22.6 Å². The SMILES string of the molecule is COC(=O)c1cc(OC)c(OC)cc1NC(=O)c1oc2c(F)cccc2c1C. The molecule has 0 aliphatic carbocycles. The van der Waals surface area contributed by atoms with Crippen LogP contribution in [0, 0.1) is 12.7 Å². The van der Waals surface area contributed by atoms with Crippen LogP contribution in [-0.2, 0) is 4.74 Å². The molecule has 0 saturated carbocycles. The van der Waals surface area contributed by atoms with Gasteiger partial charge in [-0.3, -0.25) is 4.79 Å². The van der Waals surface area contributed by atoms with E-state index >= 15 is 0 Å². The van der Waals surface area contributed by atoms with Gasteiger partial charge < -0.3 is 23.9 Å². The summed E-state index contributed by atoms with van der Waals surface area (Å²) in [5, 5.41) is 3.09. The highest BCUT2D eigenvalue weighted by Crippen LogP contribution is 2.34. The molecule has 0 unspecified atom stereocenters. The molecule has 3 aromatic rings. The maximum Gasteiger partial charge on any atom is 0.340 e. The number of methoxy groups -OCH3 is 3. The molecule has 146 valence electrons. The van der Waals surface area contributed by atoms with Crippen molar-refractivity contribution in [2.24, 2.45) is 0 Å². The van der Waals surface area contributed by atoms with E-state index < -0.39 is 17.7 Å². The van der Waals surface area contributed by atoms with Crippen LogP contribution in [0.2, 0.25) is 0 Å². The minimum absolute atomic E-state index is 0.00865. The number of ether oxygens (including phenoxy) is 3. The predicted molar refractivity (Wildman–Crippen MR) is 99.7 cm³/mol. The molecule has 8 heteroatoms. The summed E-state index contributed by atoms with van der Waals surface area (Å²) in [6.45, 7) is 1.65. The molecule has 0 bridgehead atoms. The topological polar surface area (TPSA) is 87.0 Å². The summed E-state index contributed by atoms with van der Waals surface area (Å²) >= 11 is 0. The fraction of sp³-hybridized carbons (Fsp3) is 0.200. The van der Waals surface area contributed by atoms with Gasteiger partial charge in [0.15, 0.2) is 28.7 Å². The van der Waals surface area contributed by atoms with Crippen molar-refractivity contribution in [2.75, 3.05) is 26.6 Å². The molecule has 0 atom stereocenters. The van der Waals surface area contributed by atoms with Gasteiger partial charge in [-0.1, -0.05) is 12.1 Å². The van der Waals surface area contributed by atoms with Crippen LogP contribution < -0.4 is 14.8 Å². The molecule has 1 N–H and O–H groups in total. The third-order valence-electron chi connectivity index (χ3n) is 4.30. The molecule has 0 aliphatic heterocycles. The Kier molecular flexibility index (Phi) is 5.21. The Labute approximate surface area is 160 Å². The lowest BCUT2D eigenvalue weighted by atomic mass is 10.1. The number of carbonyl (C=O) groups excluding carboxylic acids is 2. The Balaban J connectivity index is 2.05. The summed E-state index contributed by atoms with van der Waals surface area (Å²) in [5.74, 6) is -1.36. The average molecular weight is 387 g/mol. The number of aryl methyl sites for hydroxylation is 1. The van der Waals surface area contributed by atoms with Crippen LogP contribution in [0.1, 0.15) is 26.5 Å². The van der Waals surface area contributed by atoms with Crippen LogP contribution in [0.25, 0.3) is 11.0 Å². The summed E-state index contributed by atoms with van der Waals surface area (Å²) in [7, 11) is 4.06. The largest absolute Gasteiger partial charge is 0.493 e. The van der Waals surface area contributed by atoms with Crippen LogP contribution in [0.15, 0.2) is 34.7 Å². The van der Waals surface area contributed by atoms with Gasteiger partial charge in [-0.25, -0.2) is 9.18 Å². The number of halogens is 1. The van der Waals surface area contributed by atoms with E-state index in [1.807, 2.05) is 0 Å². The number of esters is 1. The molecule has 28 heavy (non-hydrogen) atoms. The monoisotopic (exact) mass is 387 g/mol. The molecular weight excluding hydrogens is 369 g/mol. The fourth-order valence-corrected chi connectivity index (χ4v) is 2.87. The van der Waals surface area contributed by atoms with Gasteiger partial charge >= 0.3 is 5.97 Å². The number of hydrogen-bond donors (Lipinski definition) is 1. The molecule has 1 amide bonds. The quantitative estimate of drug-likeness (QED) is 0.668. The Morgan fingerprint density at radius 1 is 1.07 bits per heavy atom. The summed E-state index contributed by atoms with van der Waals surface area (Å²) in [5.41, 5.74) is 0.668. The second-order valence-electron chi connectivity index (χ2n) is 5.87. The highest BCUT2D eigenvalue weighted by atomic mass is 19.1. The number of furan rings is 1. The molecule has 0 fully saturated rings. The van der Waals surface area contributed by atoms with E-state index in [0.29, 0.717) is 22.4 Å². The van der Waals surface area contributed by atoms with Crippen molar-refractivity contribution in [1.29, 1.82) is 0 Å². The van der Waals surface area contributed by atoms with E-state index in [2.05, 4.69) is 5.32 Å². The Morgan fingerprint density at radius 3 is 2.36 bits per heavy atom. The number of benzene rings is 2. The van der Waals surface area contributed by atoms with Crippen molar-refractivity contribution in [3.8, 4) is 11.5 Å². The number of amides is 1. The minimum atomic E-state index is -0.677. The average Bonchev–Trinajstić information content (AvgIpc) is 3.05. The first kappa shape index (κ1) is 19.2. The van der Waals surface area contributed by atoms with E-state index in [4.69, 9.17) is 18.6 Å². The second kappa shape index (κ2) is 7.59. The van der Waals surface area contributed by atoms with Crippen LogP contribution in [0.3, 0.4) is 0 Å². The van der Waals surface area contributed by atoms with E-state index in [1.54, 1.807) is 13.0 Å². The van der Waals surface area contributed by atoms with Gasteiger partial charge in [0.25, 0.3) is 5.91 Å². The lowest BCUT2D eigenvalue weighted by molar-refractivity contribution is 0.0601. The number of nitrogens with one attached hydrogen (secondary N) is 1. The van der Waals surface area contributed by atoms with Crippen molar-refractivity contribution in [1.82, 2.24) is 0 Å². The van der Waals surface area contributed by atoms with Crippen molar-refractivity contribution >= 4 is 28.5 Å². The summed E-state index contributed by atoms with van der Waals surface area (Å²) in [6.07, 6.45) is 0. The van der Waals surface area contributed by atoms with E-state index in [0.717, 1.165) is 0 Å². The first-order chi connectivity index (χ1) is 13.4. The highest BCUT2D eigenvalue weighted by molar-refractivity contribution is 6.09. The molecule has 0 spiro atoms. The number of rotatable bonds is 5. The van der Waals surface area contributed by atoms with Crippen molar-refractivity contribution in [3.05, 3.63) is 53.0 Å². The van der Waals surface area contributed by atoms with Crippen LogP contribution in [-0.4, -0.2) is 33.2 Å². The van der Waals surface area contributed by atoms with Gasteiger partial charge in [0.1, 0.15) is 0 Å². The zero-order valence-electron chi connectivity index (χ0n) is 15.7. The molecule has 3 rings (SSSR count). The van der Waals surface area contributed by atoms with E-state index in [1.165, 1.54) is 45.6 Å². The number of carbonyl (C=O) groups is 2. The van der Waals surface area contributed by atoms with Crippen molar-refractivity contribution < 1.29 is 32.6 Å². The van der Waals surface area contributed by atoms with Gasteiger partial charge in [0.05, 0.1) is 32.6 Å².